The van der Waals surface area contributed by atoms with Crippen LogP contribution in [0.2, 0.25) is 0 Å². The molecule has 0 bridgehead atoms. The fraction of sp³-hybridized carbons (Fsp3) is 0.500. The van der Waals surface area contributed by atoms with E-state index in [1.807, 2.05) is 0 Å². The van der Waals surface area contributed by atoms with E-state index < -0.39 is 0 Å². The number of nitrogens with one attached hydrogen (secondary N) is 3. The van der Waals surface area contributed by atoms with E-state index >= 15 is 0 Å². The molecule has 3 nitrogen and oxygen atoms in total. The van der Waals surface area contributed by atoms with Crippen LogP contribution in [0, 0.1) is 0 Å². The van der Waals surface area contributed by atoms with Crippen LogP contribution in [0.25, 0.3) is 0 Å². The molecule has 3 N–H and O–H groups in total. The van der Waals surface area contributed by atoms with Crippen LogP contribution in [0.15, 0.2) is 0 Å². The van der Waals surface area contributed by atoms with Gasteiger partial charge in [-0.25, -0.2) is 0 Å². The van der Waals surface area contributed by atoms with Crippen molar-refractivity contribution in [1.82, 2.24) is 16.0 Å². The smallest absolute Gasteiger partial charge is 0.412 e. The van der Waals surface area contributed by atoms with Gasteiger partial charge in [0.2, 0.25) is 0 Å². The zero-order chi connectivity index (χ0) is 12.9. The minimum Gasteiger partial charge on any atom is -0.412 e. The largest absolute Gasteiger partial charge is 3.00 e. The first-order chi connectivity index (χ1) is 6.81. The molecule has 0 aromatic carbocycles. The zero-order valence-electron chi connectivity index (χ0n) is 8.80. The Morgan fingerprint density at radius 3 is 0.750 bits per heavy atom. The van der Waals surface area contributed by atoms with E-state index in [1.54, 1.807) is 21.1 Å². The van der Waals surface area contributed by atoms with Gasteiger partial charge in [0, 0.05) is 21.1 Å². The van der Waals surface area contributed by atoms with Crippen molar-refractivity contribution < 1.29 is 17.1 Å². The van der Waals surface area contributed by atoms with Crippen LogP contribution in [-0.4, -0.2) is 34.1 Å². The van der Waals surface area contributed by atoms with E-state index in [2.05, 4.69) is 90.5 Å². The molecule has 0 heterocycles. The molecule has 0 saturated heterocycles. The Kier molecular flexibility index (Phi) is 33.9. The van der Waals surface area contributed by atoms with Crippen LogP contribution >= 0.6 is 36.7 Å². The summed E-state index contributed by atoms with van der Waals surface area (Å²) in [5, 5.41) is 7.72. The van der Waals surface area contributed by atoms with Gasteiger partial charge in [-0.2, -0.15) is 0 Å². The summed E-state index contributed by atoms with van der Waals surface area (Å²) in [6, 6.07) is 0. The summed E-state index contributed by atoms with van der Waals surface area (Å²) in [5.41, 5.74) is 0. The fourth-order valence-corrected chi connectivity index (χ4v) is 0. The third kappa shape index (κ3) is 60.7. The van der Waals surface area contributed by atoms with E-state index in [1.165, 1.54) is 0 Å². The molecular formula is C6H12FeN3S6. The first kappa shape index (κ1) is 25.6. The van der Waals surface area contributed by atoms with Crippen molar-refractivity contribution in [2.75, 3.05) is 21.1 Å². The summed E-state index contributed by atoms with van der Waals surface area (Å²) in [7, 11) is 5.11. The van der Waals surface area contributed by atoms with E-state index in [9.17, 15) is 0 Å². The third-order valence-corrected chi connectivity index (χ3v) is 1.84. The SMILES string of the molecule is CNC(=S)[S-].CNC(=S)[S-].CNC(=S)[S-].[Fe+3]. The van der Waals surface area contributed by atoms with Gasteiger partial charge in [-0.3, -0.25) is 0 Å². The zero-order valence-corrected chi connectivity index (χ0v) is 14.8. The van der Waals surface area contributed by atoms with Gasteiger partial charge >= 0.3 is 17.1 Å². The van der Waals surface area contributed by atoms with Gasteiger partial charge in [-0.05, 0) is 0 Å². The molecule has 0 aromatic heterocycles. The normalized spacial score (nSPS) is 6.19. The molecule has 0 saturated carbocycles. The van der Waals surface area contributed by atoms with Crippen molar-refractivity contribution in [3.63, 3.8) is 0 Å². The van der Waals surface area contributed by atoms with Crippen molar-refractivity contribution in [1.29, 1.82) is 0 Å². The second-order valence-corrected chi connectivity index (χ2v) is 4.84. The maximum atomic E-state index is 4.40. The molecule has 0 atom stereocenters. The van der Waals surface area contributed by atoms with Crippen LogP contribution in [0.4, 0.5) is 0 Å². The summed E-state index contributed by atoms with van der Waals surface area (Å²) in [6.45, 7) is 0. The van der Waals surface area contributed by atoms with Crippen LogP contribution in [0.1, 0.15) is 0 Å². The molecule has 16 heavy (non-hydrogen) atoms. The molecule has 0 aliphatic heterocycles. The summed E-state index contributed by atoms with van der Waals surface area (Å²) < 4.78 is 1.26. The molecule has 0 unspecified atom stereocenters. The molecular weight excluding hydrogens is 362 g/mol. The van der Waals surface area contributed by atoms with Gasteiger partial charge in [0.05, 0.1) is 0 Å². The molecule has 10 heteroatoms. The van der Waals surface area contributed by atoms with Crippen molar-refractivity contribution in [2.24, 2.45) is 0 Å². The molecule has 0 fully saturated rings. The maximum Gasteiger partial charge on any atom is 3.00 e. The minimum absolute atomic E-state index is 0. The molecule has 0 rings (SSSR count). The monoisotopic (exact) mass is 374 g/mol. The van der Waals surface area contributed by atoms with Gasteiger partial charge in [-0.1, -0.05) is 13.0 Å². The molecule has 0 aliphatic rings. The van der Waals surface area contributed by atoms with Gasteiger partial charge in [-0.15, -0.1) is 0 Å². The summed E-state index contributed by atoms with van der Waals surface area (Å²) >= 11 is 26.4. The molecule has 0 amide bonds. The van der Waals surface area contributed by atoms with Crippen molar-refractivity contribution in [3.8, 4) is 0 Å². The first-order valence-corrected chi connectivity index (χ1v) is 5.92. The Hall–Kier alpha value is 0.849. The van der Waals surface area contributed by atoms with E-state index in [0.29, 0.717) is 13.0 Å². The molecule has 0 aromatic rings. The average molecular weight is 374 g/mol. The molecule has 1 radical (unpaired) electrons. The number of hydrogen-bond donors (Lipinski definition) is 3. The molecule has 0 aliphatic carbocycles. The molecule has 0 spiro atoms. The van der Waals surface area contributed by atoms with Crippen molar-refractivity contribution in [2.45, 2.75) is 0 Å². The van der Waals surface area contributed by atoms with Crippen LogP contribution in [0.5, 0.6) is 0 Å². The third-order valence-electron chi connectivity index (χ3n) is 0.612. The van der Waals surface area contributed by atoms with E-state index in [4.69, 9.17) is 0 Å². The topological polar surface area (TPSA) is 36.1 Å². The predicted molar refractivity (Wildman–Crippen MR) is 87.1 cm³/mol. The summed E-state index contributed by atoms with van der Waals surface area (Å²) in [5.74, 6) is 0. The maximum absolute atomic E-state index is 4.40. The quantitative estimate of drug-likeness (QED) is 0.311. The Balaban J connectivity index is -0.0000000655. The van der Waals surface area contributed by atoms with Gasteiger partial charge < -0.3 is 90.5 Å². The number of thiocarbonyl (C=S) groups is 3. The van der Waals surface area contributed by atoms with Crippen LogP contribution in [-0.2, 0) is 55.0 Å². The van der Waals surface area contributed by atoms with Gasteiger partial charge in [0.1, 0.15) is 0 Å². The second kappa shape index (κ2) is 21.2. The Labute approximate surface area is 140 Å². The fourth-order valence-electron chi connectivity index (χ4n) is 0. The second-order valence-electron chi connectivity index (χ2n) is 1.61. The van der Waals surface area contributed by atoms with Crippen molar-refractivity contribution >= 4 is 87.5 Å². The standard InChI is InChI=1S/3C2H5NS2.Fe/c3*1-3-2(4)5;/h3*1H3,(H2,3,4,5);/q;;;+3/p-3. The van der Waals surface area contributed by atoms with Crippen molar-refractivity contribution in [3.05, 3.63) is 0 Å². The first-order valence-electron chi connectivity index (χ1n) is 3.47. The summed E-state index contributed by atoms with van der Waals surface area (Å²) in [4.78, 5) is 0. The Bertz CT molecular complexity index is 167. The number of hydrogen-bond acceptors (Lipinski definition) is 6. The Morgan fingerprint density at radius 2 is 0.750 bits per heavy atom. The van der Waals surface area contributed by atoms with E-state index in [-0.39, 0.29) is 17.1 Å². The van der Waals surface area contributed by atoms with Crippen LogP contribution < -0.4 is 16.0 Å². The van der Waals surface area contributed by atoms with Crippen LogP contribution in [0.3, 0.4) is 0 Å². The average Bonchev–Trinajstić information content (AvgIpc) is 2.19. The summed E-state index contributed by atoms with van der Waals surface area (Å²) in [6.07, 6.45) is 0. The van der Waals surface area contributed by atoms with Gasteiger partial charge in [0.15, 0.2) is 0 Å². The van der Waals surface area contributed by atoms with Gasteiger partial charge in [0.25, 0.3) is 0 Å². The molecule has 95 valence electrons. The predicted octanol–water partition coefficient (Wildman–Crippen LogP) is 0.110. The number of rotatable bonds is 0. The Morgan fingerprint density at radius 1 is 0.688 bits per heavy atom. The minimum atomic E-state index is 0. The van der Waals surface area contributed by atoms with E-state index in [0.717, 1.165) is 0 Å².